The van der Waals surface area contributed by atoms with E-state index in [4.69, 9.17) is 11.6 Å². The smallest absolute Gasteiger partial charge is 0.224 e. The Morgan fingerprint density at radius 3 is 2.87 bits per heavy atom. The molecule has 1 aromatic rings. The Balaban J connectivity index is 2.50. The van der Waals surface area contributed by atoms with Gasteiger partial charge in [-0.2, -0.15) is 11.8 Å². The summed E-state index contributed by atoms with van der Waals surface area (Å²) in [4.78, 5) is 8.11. The van der Waals surface area contributed by atoms with Crippen molar-refractivity contribution in [2.75, 3.05) is 23.9 Å². The molecule has 5 heteroatoms. The zero-order valence-corrected chi connectivity index (χ0v) is 10.8. The second kappa shape index (κ2) is 6.18. The molecule has 0 aliphatic rings. The fraction of sp³-hybridized carbons (Fsp3) is 0.600. The van der Waals surface area contributed by atoms with Crippen LogP contribution < -0.4 is 5.32 Å². The van der Waals surface area contributed by atoms with Crippen LogP contribution in [0.15, 0.2) is 6.07 Å². The van der Waals surface area contributed by atoms with Gasteiger partial charge in [-0.25, -0.2) is 9.97 Å². The number of thioether (sulfide) groups is 1. The Labute approximate surface area is 100 Å². The highest BCUT2D eigenvalue weighted by molar-refractivity contribution is 7.98. The predicted molar refractivity (Wildman–Crippen MR) is 67.8 cm³/mol. The molecule has 0 fully saturated rings. The lowest BCUT2D eigenvalue weighted by molar-refractivity contribution is 0.699. The van der Waals surface area contributed by atoms with Crippen molar-refractivity contribution in [1.82, 2.24) is 9.97 Å². The maximum absolute atomic E-state index is 5.76. The minimum Gasteiger partial charge on any atom is -0.370 e. The molecule has 0 radical (unpaired) electrons. The molecular formula is C10H16ClN3S. The van der Waals surface area contributed by atoms with Gasteiger partial charge in [-0.3, -0.25) is 0 Å². The van der Waals surface area contributed by atoms with Crippen LogP contribution in [-0.4, -0.2) is 28.5 Å². The number of aryl methyl sites for hydroxylation is 1. The van der Waals surface area contributed by atoms with Crippen molar-refractivity contribution >= 4 is 29.2 Å². The van der Waals surface area contributed by atoms with Crippen molar-refractivity contribution in [2.45, 2.75) is 13.8 Å². The first kappa shape index (κ1) is 12.6. The molecule has 1 heterocycles. The van der Waals surface area contributed by atoms with E-state index in [-0.39, 0.29) is 0 Å². The third kappa shape index (κ3) is 4.71. The van der Waals surface area contributed by atoms with Gasteiger partial charge >= 0.3 is 0 Å². The fourth-order valence-electron chi connectivity index (χ4n) is 1.25. The Morgan fingerprint density at radius 2 is 2.27 bits per heavy atom. The van der Waals surface area contributed by atoms with Crippen LogP contribution in [0.5, 0.6) is 0 Å². The van der Waals surface area contributed by atoms with Gasteiger partial charge in [0.15, 0.2) is 0 Å². The molecule has 0 bridgehead atoms. The molecule has 1 unspecified atom stereocenters. The highest BCUT2D eigenvalue weighted by Gasteiger charge is 2.03. The van der Waals surface area contributed by atoms with E-state index in [2.05, 4.69) is 28.5 Å². The van der Waals surface area contributed by atoms with Crippen LogP contribution in [0.4, 0.5) is 5.82 Å². The largest absolute Gasteiger partial charge is 0.370 e. The van der Waals surface area contributed by atoms with E-state index in [1.807, 2.05) is 24.8 Å². The number of halogens is 1. The lowest BCUT2D eigenvalue weighted by Gasteiger charge is -2.11. The normalized spacial score (nSPS) is 12.5. The molecule has 3 nitrogen and oxygen atoms in total. The molecule has 0 amide bonds. The van der Waals surface area contributed by atoms with Gasteiger partial charge in [0.2, 0.25) is 5.28 Å². The van der Waals surface area contributed by atoms with Gasteiger partial charge in [-0.15, -0.1) is 0 Å². The maximum Gasteiger partial charge on any atom is 0.224 e. The van der Waals surface area contributed by atoms with Gasteiger partial charge < -0.3 is 5.32 Å². The molecule has 1 atom stereocenters. The molecule has 0 saturated heterocycles. The van der Waals surface area contributed by atoms with E-state index in [1.54, 1.807) is 0 Å². The average molecular weight is 246 g/mol. The Morgan fingerprint density at radius 1 is 1.53 bits per heavy atom. The number of anilines is 1. The number of rotatable bonds is 5. The minimum atomic E-state index is 0.301. The second-order valence-electron chi connectivity index (χ2n) is 3.61. The molecule has 1 aromatic heterocycles. The van der Waals surface area contributed by atoms with Gasteiger partial charge in [0.25, 0.3) is 0 Å². The van der Waals surface area contributed by atoms with Gasteiger partial charge in [-0.05, 0) is 36.5 Å². The van der Waals surface area contributed by atoms with E-state index in [0.717, 1.165) is 23.8 Å². The third-order valence-corrected chi connectivity index (χ3v) is 2.98. The topological polar surface area (TPSA) is 37.8 Å². The zero-order valence-electron chi connectivity index (χ0n) is 9.25. The van der Waals surface area contributed by atoms with Gasteiger partial charge in [-0.1, -0.05) is 6.92 Å². The van der Waals surface area contributed by atoms with E-state index in [1.165, 1.54) is 0 Å². The van der Waals surface area contributed by atoms with Crippen LogP contribution in [0.25, 0.3) is 0 Å². The molecule has 1 N–H and O–H groups in total. The van der Waals surface area contributed by atoms with Gasteiger partial charge in [0.1, 0.15) is 5.82 Å². The molecular weight excluding hydrogens is 230 g/mol. The van der Waals surface area contributed by atoms with Crippen molar-refractivity contribution < 1.29 is 0 Å². The number of nitrogens with zero attached hydrogens (tertiary/aromatic N) is 2. The summed E-state index contributed by atoms with van der Waals surface area (Å²) < 4.78 is 0. The SMILES string of the molecule is CSCC(C)CNc1cc(C)nc(Cl)n1. The van der Waals surface area contributed by atoms with E-state index in [9.17, 15) is 0 Å². The van der Waals surface area contributed by atoms with E-state index < -0.39 is 0 Å². The molecule has 0 aromatic carbocycles. The molecule has 0 aliphatic heterocycles. The van der Waals surface area contributed by atoms with Crippen LogP contribution in [0.1, 0.15) is 12.6 Å². The first-order valence-corrected chi connectivity index (χ1v) is 6.63. The van der Waals surface area contributed by atoms with Crippen molar-refractivity contribution in [2.24, 2.45) is 5.92 Å². The minimum absolute atomic E-state index is 0.301. The Bertz CT molecular complexity index is 299. The summed E-state index contributed by atoms with van der Waals surface area (Å²) in [6, 6.07) is 1.90. The van der Waals surface area contributed by atoms with Crippen LogP contribution in [0.3, 0.4) is 0 Å². The van der Waals surface area contributed by atoms with Crippen molar-refractivity contribution in [1.29, 1.82) is 0 Å². The van der Waals surface area contributed by atoms with E-state index in [0.29, 0.717) is 11.2 Å². The summed E-state index contributed by atoms with van der Waals surface area (Å²) in [6.07, 6.45) is 2.11. The van der Waals surface area contributed by atoms with Crippen molar-refractivity contribution in [3.05, 3.63) is 17.0 Å². The monoisotopic (exact) mass is 245 g/mol. The molecule has 0 saturated carbocycles. The van der Waals surface area contributed by atoms with Crippen LogP contribution in [-0.2, 0) is 0 Å². The summed E-state index contributed by atoms with van der Waals surface area (Å²) in [7, 11) is 0. The summed E-state index contributed by atoms with van der Waals surface area (Å²) in [5.41, 5.74) is 0.884. The molecule has 15 heavy (non-hydrogen) atoms. The molecule has 0 aliphatic carbocycles. The highest BCUT2D eigenvalue weighted by Crippen LogP contribution is 2.11. The predicted octanol–water partition coefficient (Wildman–Crippen LogP) is 2.85. The number of hydrogen-bond acceptors (Lipinski definition) is 4. The van der Waals surface area contributed by atoms with Crippen molar-refractivity contribution in [3.63, 3.8) is 0 Å². The zero-order chi connectivity index (χ0) is 11.3. The quantitative estimate of drug-likeness (QED) is 0.810. The summed E-state index contributed by atoms with van der Waals surface area (Å²) in [6.45, 7) is 5.02. The lowest BCUT2D eigenvalue weighted by atomic mass is 10.2. The van der Waals surface area contributed by atoms with E-state index >= 15 is 0 Å². The third-order valence-electron chi connectivity index (χ3n) is 1.91. The first-order valence-electron chi connectivity index (χ1n) is 4.86. The number of nitrogens with one attached hydrogen (secondary N) is 1. The molecule has 84 valence electrons. The van der Waals surface area contributed by atoms with Crippen molar-refractivity contribution in [3.8, 4) is 0 Å². The molecule has 0 spiro atoms. The highest BCUT2D eigenvalue weighted by atomic mass is 35.5. The van der Waals surface area contributed by atoms with Gasteiger partial charge in [0.05, 0.1) is 0 Å². The Hall–Kier alpha value is -0.480. The molecule has 1 rings (SSSR count). The lowest BCUT2D eigenvalue weighted by Crippen LogP contribution is -2.14. The Kier molecular flexibility index (Phi) is 5.19. The van der Waals surface area contributed by atoms with Crippen LogP contribution in [0.2, 0.25) is 5.28 Å². The average Bonchev–Trinajstić information content (AvgIpc) is 2.14. The van der Waals surface area contributed by atoms with Crippen LogP contribution >= 0.6 is 23.4 Å². The summed E-state index contributed by atoms with van der Waals surface area (Å²) in [5.74, 6) is 2.57. The number of aromatic nitrogens is 2. The first-order chi connectivity index (χ1) is 7.11. The fourth-order valence-corrected chi connectivity index (χ4v) is 2.16. The second-order valence-corrected chi connectivity index (χ2v) is 4.85. The summed E-state index contributed by atoms with van der Waals surface area (Å²) in [5, 5.41) is 3.56. The summed E-state index contributed by atoms with van der Waals surface area (Å²) >= 11 is 7.61. The standard InChI is InChI=1S/C10H16ClN3S/c1-7(6-15-3)5-12-9-4-8(2)13-10(11)14-9/h4,7H,5-6H2,1-3H3,(H,12,13,14). The van der Waals surface area contributed by atoms with Crippen LogP contribution in [0, 0.1) is 12.8 Å². The van der Waals surface area contributed by atoms with Gasteiger partial charge in [0, 0.05) is 18.3 Å². The maximum atomic E-state index is 5.76. The number of hydrogen-bond donors (Lipinski definition) is 1.